The molecule has 2 aliphatic rings. The average molecular weight is 643 g/mol. The van der Waals surface area contributed by atoms with E-state index in [9.17, 15) is 9.90 Å². The lowest BCUT2D eigenvalue weighted by molar-refractivity contribution is -0.144. The van der Waals surface area contributed by atoms with Gasteiger partial charge < -0.3 is 14.6 Å². The molecule has 0 saturated heterocycles. The summed E-state index contributed by atoms with van der Waals surface area (Å²) in [6.45, 7) is 8.54. The molecule has 4 aromatic rings. The first-order valence-electron chi connectivity index (χ1n) is 16.9. The van der Waals surface area contributed by atoms with Crippen LogP contribution >= 0.6 is 0 Å². The quantitative estimate of drug-likeness (QED) is 0.200. The minimum absolute atomic E-state index is 0.00699. The number of hydrogen-bond acceptors (Lipinski definition) is 9. The van der Waals surface area contributed by atoms with Gasteiger partial charge in [0.25, 0.3) is 12.0 Å². The van der Waals surface area contributed by atoms with Gasteiger partial charge in [-0.25, -0.2) is 19.8 Å². The number of nitrogens with one attached hydrogen (secondary N) is 1. The van der Waals surface area contributed by atoms with Crippen LogP contribution in [0.5, 0.6) is 0 Å². The highest BCUT2D eigenvalue weighted by Gasteiger charge is 2.29. The normalized spacial score (nSPS) is 20.0. The van der Waals surface area contributed by atoms with E-state index in [2.05, 4.69) is 57.8 Å². The van der Waals surface area contributed by atoms with Crippen molar-refractivity contribution in [2.24, 2.45) is 4.99 Å². The van der Waals surface area contributed by atoms with Gasteiger partial charge in [-0.15, -0.1) is 0 Å². The Hall–Kier alpha value is -3.90. The fourth-order valence-electron chi connectivity index (χ4n) is 6.50. The molecule has 1 fully saturated rings. The monoisotopic (exact) mass is 642 g/mol. The van der Waals surface area contributed by atoms with Gasteiger partial charge in [0, 0.05) is 23.6 Å². The number of rotatable bonds is 13. The predicted molar refractivity (Wildman–Crippen MR) is 180 cm³/mol. The largest absolute Gasteiger partial charge is 0.388 e. The van der Waals surface area contributed by atoms with Crippen molar-refractivity contribution in [1.82, 2.24) is 24.6 Å². The van der Waals surface area contributed by atoms with Crippen molar-refractivity contribution in [2.45, 2.75) is 103 Å². The number of hydroxylamine groups is 1. The lowest BCUT2D eigenvalue weighted by atomic mass is 9.92. The lowest BCUT2D eigenvalue weighted by Gasteiger charge is -2.32. The molecular weight excluding hydrogens is 596 g/mol. The van der Waals surface area contributed by atoms with Gasteiger partial charge in [-0.05, 0) is 69.1 Å². The summed E-state index contributed by atoms with van der Waals surface area (Å²) < 4.78 is 15.4. The highest BCUT2D eigenvalue weighted by atomic mass is 16.8. The first-order valence-corrected chi connectivity index (χ1v) is 16.9. The van der Waals surface area contributed by atoms with Crippen molar-refractivity contribution in [1.29, 1.82) is 0 Å². The molecule has 1 unspecified atom stereocenters. The van der Waals surface area contributed by atoms with E-state index in [1.807, 2.05) is 34.2 Å². The maximum Gasteiger partial charge on any atom is 0.282 e. The van der Waals surface area contributed by atoms with Crippen LogP contribution in [0.3, 0.4) is 0 Å². The topological polar surface area (TPSA) is 125 Å². The van der Waals surface area contributed by atoms with Crippen LogP contribution in [0.4, 0.5) is 0 Å². The van der Waals surface area contributed by atoms with Gasteiger partial charge in [-0.3, -0.25) is 9.36 Å². The van der Waals surface area contributed by atoms with Gasteiger partial charge >= 0.3 is 0 Å². The Morgan fingerprint density at radius 2 is 1.74 bits per heavy atom. The van der Waals surface area contributed by atoms with Crippen molar-refractivity contribution < 1.29 is 19.4 Å². The minimum Gasteiger partial charge on any atom is -0.388 e. The summed E-state index contributed by atoms with van der Waals surface area (Å²) in [6.07, 6.45) is 7.20. The first kappa shape index (κ1) is 33.0. The van der Waals surface area contributed by atoms with E-state index in [1.165, 1.54) is 0 Å². The molecule has 1 aliphatic carbocycles. The van der Waals surface area contributed by atoms with Crippen LogP contribution in [0.1, 0.15) is 94.6 Å². The molecule has 2 N–H and O–H groups in total. The van der Waals surface area contributed by atoms with Gasteiger partial charge in [0.15, 0.2) is 5.84 Å². The number of fused-ring (bicyclic) bond motifs is 1. The highest BCUT2D eigenvalue weighted by molar-refractivity contribution is 6.04. The molecule has 2 aromatic carbocycles. The van der Waals surface area contributed by atoms with Crippen molar-refractivity contribution in [3.05, 3.63) is 87.6 Å². The zero-order valence-corrected chi connectivity index (χ0v) is 27.8. The predicted octanol–water partition coefficient (Wildman–Crippen LogP) is 5.36. The fraction of sp³-hybridized carbons (Fsp3) is 0.500. The SMILES string of the molecule is CCCOC1N=C(c2ccccc2-c2ccc(Cc3c(CCC)n4ncnc4n(C4CCC(OCC(C)(C)O)CC4)c3=O)cc2)NO1. The summed E-state index contributed by atoms with van der Waals surface area (Å²) >= 11 is 0. The second-order valence-corrected chi connectivity index (χ2v) is 13.2. The van der Waals surface area contributed by atoms with Crippen molar-refractivity contribution in [3.8, 4) is 11.1 Å². The number of ether oxygens (including phenoxy) is 2. The zero-order chi connectivity index (χ0) is 33.0. The molecule has 11 nitrogen and oxygen atoms in total. The third-order valence-corrected chi connectivity index (χ3v) is 8.78. The third-order valence-electron chi connectivity index (χ3n) is 8.78. The zero-order valence-electron chi connectivity index (χ0n) is 27.8. The minimum atomic E-state index is -0.864. The molecule has 0 radical (unpaired) electrons. The number of hydrogen-bond donors (Lipinski definition) is 2. The summed E-state index contributed by atoms with van der Waals surface area (Å²) in [7, 11) is 0. The van der Waals surface area contributed by atoms with Gasteiger partial charge in [0.1, 0.15) is 6.33 Å². The molecule has 11 heteroatoms. The van der Waals surface area contributed by atoms with Crippen LogP contribution in [-0.2, 0) is 27.2 Å². The molecule has 0 amide bonds. The highest BCUT2D eigenvalue weighted by Crippen LogP contribution is 2.32. The molecule has 2 aromatic heterocycles. The van der Waals surface area contributed by atoms with Crippen LogP contribution < -0.4 is 11.0 Å². The van der Waals surface area contributed by atoms with Crippen LogP contribution in [0, 0.1) is 0 Å². The molecule has 0 spiro atoms. The third kappa shape index (κ3) is 7.49. The molecule has 1 aliphatic heterocycles. The Kier molecular flexibility index (Phi) is 10.2. The van der Waals surface area contributed by atoms with Gasteiger partial charge in [-0.1, -0.05) is 68.8 Å². The molecule has 6 rings (SSSR count). The van der Waals surface area contributed by atoms with E-state index in [1.54, 1.807) is 20.2 Å². The molecule has 47 heavy (non-hydrogen) atoms. The Bertz CT molecular complexity index is 1750. The number of aliphatic imine (C=N–C) groups is 1. The van der Waals surface area contributed by atoms with E-state index >= 15 is 0 Å². The molecule has 1 saturated carbocycles. The molecular formula is C36H46N6O5. The smallest absolute Gasteiger partial charge is 0.282 e. The maximum atomic E-state index is 14.4. The van der Waals surface area contributed by atoms with E-state index in [4.69, 9.17) is 14.3 Å². The Morgan fingerprint density at radius 3 is 2.45 bits per heavy atom. The Morgan fingerprint density at radius 1 is 1.00 bits per heavy atom. The Labute approximate surface area is 275 Å². The maximum absolute atomic E-state index is 14.4. The number of aliphatic hydroxyl groups is 1. The van der Waals surface area contributed by atoms with Crippen molar-refractivity contribution >= 4 is 11.6 Å². The standard InChI is InChI=1S/C36H46N6O5/c1-5-9-31-30(33(43)41(34-37-23-38-42(31)34)26-16-18-27(19-17-26)46-22-36(3,4)44)21-24-12-14-25(15-13-24)28-10-7-8-11-29(28)32-39-35(47-40-32)45-20-6-2/h7-8,10-15,23,26-27,35,44H,5-6,9,16-22H2,1-4H3,(H,39,40). The van der Waals surface area contributed by atoms with Crippen LogP contribution in [0.2, 0.25) is 0 Å². The first-order chi connectivity index (χ1) is 22.8. The van der Waals surface area contributed by atoms with Crippen LogP contribution in [0.25, 0.3) is 16.9 Å². The second-order valence-electron chi connectivity index (χ2n) is 13.2. The van der Waals surface area contributed by atoms with Gasteiger partial charge in [-0.2, -0.15) is 10.1 Å². The number of aromatic nitrogens is 4. The summed E-state index contributed by atoms with van der Waals surface area (Å²) in [5.74, 6) is 1.24. The summed E-state index contributed by atoms with van der Waals surface area (Å²) in [4.78, 5) is 29.0. The van der Waals surface area contributed by atoms with Crippen LogP contribution in [0.15, 0.2) is 64.6 Å². The van der Waals surface area contributed by atoms with E-state index < -0.39 is 12.0 Å². The van der Waals surface area contributed by atoms with Crippen LogP contribution in [-0.4, -0.2) is 61.4 Å². The summed E-state index contributed by atoms with van der Waals surface area (Å²) in [5, 5.41) is 14.7. The summed E-state index contributed by atoms with van der Waals surface area (Å²) in [5.41, 5.74) is 7.78. The Balaban J connectivity index is 1.26. The average Bonchev–Trinajstić information content (AvgIpc) is 3.75. The summed E-state index contributed by atoms with van der Waals surface area (Å²) in [6, 6.07) is 16.4. The van der Waals surface area contributed by atoms with Crippen molar-refractivity contribution in [2.75, 3.05) is 13.2 Å². The molecule has 0 bridgehead atoms. The van der Waals surface area contributed by atoms with E-state index in [0.29, 0.717) is 31.2 Å². The van der Waals surface area contributed by atoms with E-state index in [0.717, 1.165) is 78.5 Å². The van der Waals surface area contributed by atoms with Gasteiger partial charge in [0.2, 0.25) is 5.78 Å². The number of nitrogens with zero attached hydrogens (tertiary/aromatic N) is 5. The number of benzene rings is 2. The van der Waals surface area contributed by atoms with Crippen molar-refractivity contribution in [3.63, 3.8) is 0 Å². The number of amidine groups is 1. The molecule has 3 heterocycles. The lowest BCUT2D eigenvalue weighted by Crippen LogP contribution is -2.36. The molecule has 1 atom stereocenters. The second kappa shape index (κ2) is 14.5. The van der Waals surface area contributed by atoms with Gasteiger partial charge in [0.05, 0.1) is 30.6 Å². The molecule has 250 valence electrons. The van der Waals surface area contributed by atoms with E-state index in [-0.39, 0.29) is 17.7 Å². The number of aryl methyl sites for hydroxylation is 1. The fourth-order valence-corrected chi connectivity index (χ4v) is 6.50.